The molecule has 2 rings (SSSR count). The van der Waals surface area contributed by atoms with E-state index in [1.54, 1.807) is 0 Å². The largest absolute Gasteiger partial charge is 0.377 e. The molecule has 1 aromatic carbocycles. The Hall–Kier alpha value is -1.12. The van der Waals surface area contributed by atoms with Crippen LogP contribution in [0, 0.1) is 0 Å². The summed E-state index contributed by atoms with van der Waals surface area (Å²) in [6, 6.07) is 14.6. The number of nitrogens with zero attached hydrogens (tertiary/aromatic N) is 2. The molecule has 0 spiro atoms. The Kier molecular flexibility index (Phi) is 12.3. The van der Waals surface area contributed by atoms with Crippen molar-refractivity contribution >= 4 is 41.3 Å². The van der Waals surface area contributed by atoms with Gasteiger partial charge in [-0.15, -0.1) is 35.3 Å². The number of unbranched alkanes of at least 4 members (excludes halogenated alkanes) is 1. The molecule has 0 aliphatic rings. The molecule has 26 heavy (non-hydrogen) atoms. The molecule has 0 fully saturated rings. The van der Waals surface area contributed by atoms with Gasteiger partial charge in [0, 0.05) is 38.7 Å². The van der Waals surface area contributed by atoms with Gasteiger partial charge in [-0.25, -0.2) is 0 Å². The van der Waals surface area contributed by atoms with E-state index < -0.39 is 0 Å². The molecule has 0 unspecified atom stereocenters. The van der Waals surface area contributed by atoms with E-state index in [4.69, 9.17) is 4.74 Å². The van der Waals surface area contributed by atoms with Gasteiger partial charge >= 0.3 is 0 Å². The zero-order valence-electron chi connectivity index (χ0n) is 15.7. The van der Waals surface area contributed by atoms with Crippen LogP contribution in [-0.2, 0) is 17.8 Å². The second kappa shape index (κ2) is 14.0. The molecule has 1 aromatic heterocycles. The normalized spacial score (nSPS) is 11.1. The SMILES string of the molecule is CN=C(NCCCCOCc1ccccc1)N(C)CCc1cccs1.I. The monoisotopic (exact) mass is 487 g/mol. The van der Waals surface area contributed by atoms with Crippen LogP contribution >= 0.6 is 35.3 Å². The lowest BCUT2D eigenvalue weighted by Gasteiger charge is -2.21. The van der Waals surface area contributed by atoms with E-state index in [0.29, 0.717) is 6.61 Å². The van der Waals surface area contributed by atoms with Crippen molar-refractivity contribution in [3.8, 4) is 0 Å². The highest BCUT2D eigenvalue weighted by Gasteiger charge is 2.05. The lowest BCUT2D eigenvalue weighted by molar-refractivity contribution is 0.117. The van der Waals surface area contributed by atoms with Gasteiger partial charge in [-0.2, -0.15) is 0 Å². The minimum Gasteiger partial charge on any atom is -0.377 e. The van der Waals surface area contributed by atoms with Gasteiger partial charge in [-0.05, 0) is 36.3 Å². The summed E-state index contributed by atoms with van der Waals surface area (Å²) in [5.41, 5.74) is 1.23. The summed E-state index contributed by atoms with van der Waals surface area (Å²) in [5, 5.41) is 5.56. The number of rotatable bonds is 10. The Morgan fingerprint density at radius 3 is 2.65 bits per heavy atom. The fraction of sp³-hybridized carbons (Fsp3) is 0.450. The Morgan fingerprint density at radius 2 is 1.96 bits per heavy atom. The van der Waals surface area contributed by atoms with Crippen molar-refractivity contribution in [2.45, 2.75) is 25.9 Å². The van der Waals surface area contributed by atoms with Crippen LogP contribution in [-0.4, -0.2) is 44.7 Å². The molecule has 1 N–H and O–H groups in total. The van der Waals surface area contributed by atoms with Crippen LogP contribution in [0.15, 0.2) is 52.8 Å². The smallest absolute Gasteiger partial charge is 0.193 e. The van der Waals surface area contributed by atoms with Crippen LogP contribution < -0.4 is 5.32 Å². The fourth-order valence-electron chi connectivity index (χ4n) is 2.52. The molecule has 1 heterocycles. The van der Waals surface area contributed by atoms with Gasteiger partial charge in [-0.1, -0.05) is 36.4 Å². The number of guanidine groups is 1. The van der Waals surface area contributed by atoms with Crippen LogP contribution in [0.2, 0.25) is 0 Å². The summed E-state index contributed by atoms with van der Waals surface area (Å²) in [6.07, 6.45) is 3.19. The first kappa shape index (κ1) is 22.9. The molecular formula is C20H30IN3OS. The van der Waals surface area contributed by atoms with Crippen molar-refractivity contribution in [3.63, 3.8) is 0 Å². The molecule has 0 radical (unpaired) electrons. The summed E-state index contributed by atoms with van der Waals surface area (Å²) in [4.78, 5) is 7.97. The van der Waals surface area contributed by atoms with Crippen LogP contribution in [0.4, 0.5) is 0 Å². The van der Waals surface area contributed by atoms with Gasteiger partial charge < -0.3 is 15.0 Å². The van der Waals surface area contributed by atoms with E-state index >= 15 is 0 Å². The molecular weight excluding hydrogens is 457 g/mol. The van der Waals surface area contributed by atoms with E-state index in [1.165, 1.54) is 10.4 Å². The predicted molar refractivity (Wildman–Crippen MR) is 123 cm³/mol. The van der Waals surface area contributed by atoms with Crippen molar-refractivity contribution in [3.05, 3.63) is 58.3 Å². The fourth-order valence-corrected chi connectivity index (χ4v) is 3.22. The van der Waals surface area contributed by atoms with Gasteiger partial charge in [0.15, 0.2) is 5.96 Å². The van der Waals surface area contributed by atoms with Crippen molar-refractivity contribution < 1.29 is 4.74 Å². The molecule has 0 saturated carbocycles. The number of nitrogens with one attached hydrogen (secondary N) is 1. The molecule has 6 heteroatoms. The minimum atomic E-state index is 0. The first-order valence-corrected chi connectivity index (χ1v) is 9.73. The summed E-state index contributed by atoms with van der Waals surface area (Å²) in [6.45, 7) is 3.38. The third-order valence-corrected chi connectivity index (χ3v) is 4.89. The summed E-state index contributed by atoms with van der Waals surface area (Å²) >= 11 is 1.81. The van der Waals surface area contributed by atoms with Crippen molar-refractivity contribution in [1.29, 1.82) is 0 Å². The highest BCUT2D eigenvalue weighted by atomic mass is 127. The number of thiophene rings is 1. The number of likely N-dealkylation sites (N-methyl/N-ethyl adjacent to an activating group) is 1. The standard InChI is InChI=1S/C20H29N3OS.HI/c1-21-20(23(2)14-12-19-11-8-16-25-19)22-13-6-7-15-24-17-18-9-4-3-5-10-18;/h3-5,8-11,16H,6-7,12-15,17H2,1-2H3,(H,21,22);1H. The molecule has 144 valence electrons. The first-order valence-electron chi connectivity index (χ1n) is 8.85. The van der Waals surface area contributed by atoms with Crippen molar-refractivity contribution in [1.82, 2.24) is 10.2 Å². The highest BCUT2D eigenvalue weighted by Crippen LogP contribution is 2.09. The van der Waals surface area contributed by atoms with E-state index in [0.717, 1.165) is 44.9 Å². The quantitative estimate of drug-likeness (QED) is 0.234. The van der Waals surface area contributed by atoms with Crippen LogP contribution in [0.1, 0.15) is 23.3 Å². The van der Waals surface area contributed by atoms with Crippen molar-refractivity contribution in [2.75, 3.05) is 33.8 Å². The molecule has 2 aromatic rings. The van der Waals surface area contributed by atoms with Crippen molar-refractivity contribution in [2.24, 2.45) is 4.99 Å². The van der Waals surface area contributed by atoms with Crippen LogP contribution in [0.25, 0.3) is 0 Å². The minimum absolute atomic E-state index is 0. The van der Waals surface area contributed by atoms with Gasteiger partial charge in [0.2, 0.25) is 0 Å². The Bertz CT molecular complexity index is 605. The number of hydrogen-bond acceptors (Lipinski definition) is 3. The Morgan fingerprint density at radius 1 is 1.15 bits per heavy atom. The number of ether oxygens (including phenoxy) is 1. The topological polar surface area (TPSA) is 36.9 Å². The number of hydrogen-bond donors (Lipinski definition) is 1. The maximum absolute atomic E-state index is 5.71. The summed E-state index contributed by atoms with van der Waals surface area (Å²) < 4.78 is 5.71. The Labute approximate surface area is 178 Å². The second-order valence-corrected chi connectivity index (χ2v) is 7.00. The molecule has 0 saturated heterocycles. The number of aliphatic imine (C=N–C) groups is 1. The third kappa shape index (κ3) is 9.00. The first-order chi connectivity index (χ1) is 12.3. The molecule has 4 nitrogen and oxygen atoms in total. The number of halogens is 1. The molecule has 0 bridgehead atoms. The predicted octanol–water partition coefficient (Wildman–Crippen LogP) is 4.41. The average Bonchev–Trinajstić information content (AvgIpc) is 3.16. The van der Waals surface area contributed by atoms with E-state index in [1.807, 2.05) is 36.6 Å². The van der Waals surface area contributed by atoms with Gasteiger partial charge in [0.05, 0.1) is 6.61 Å². The number of benzene rings is 1. The lowest BCUT2D eigenvalue weighted by Crippen LogP contribution is -2.40. The molecule has 0 aliphatic carbocycles. The zero-order valence-corrected chi connectivity index (χ0v) is 18.8. The summed E-state index contributed by atoms with van der Waals surface area (Å²) in [5.74, 6) is 0.960. The Balaban J connectivity index is 0.00000338. The highest BCUT2D eigenvalue weighted by molar-refractivity contribution is 14.0. The molecule has 0 amide bonds. The third-order valence-electron chi connectivity index (χ3n) is 3.96. The summed E-state index contributed by atoms with van der Waals surface area (Å²) in [7, 11) is 3.93. The zero-order chi connectivity index (χ0) is 17.7. The van der Waals surface area contributed by atoms with E-state index in [2.05, 4.69) is 51.9 Å². The molecule has 0 aliphatic heterocycles. The van der Waals surface area contributed by atoms with Gasteiger partial charge in [0.1, 0.15) is 0 Å². The van der Waals surface area contributed by atoms with E-state index in [9.17, 15) is 0 Å². The van der Waals surface area contributed by atoms with Gasteiger partial charge in [-0.3, -0.25) is 4.99 Å². The average molecular weight is 487 g/mol. The second-order valence-electron chi connectivity index (χ2n) is 5.97. The van der Waals surface area contributed by atoms with Gasteiger partial charge in [0.25, 0.3) is 0 Å². The molecule has 0 atom stereocenters. The maximum atomic E-state index is 5.71. The lowest BCUT2D eigenvalue weighted by atomic mass is 10.2. The maximum Gasteiger partial charge on any atom is 0.193 e. The van der Waals surface area contributed by atoms with Crippen LogP contribution in [0.5, 0.6) is 0 Å². The van der Waals surface area contributed by atoms with Crippen LogP contribution in [0.3, 0.4) is 0 Å². The van der Waals surface area contributed by atoms with E-state index in [-0.39, 0.29) is 24.0 Å².